The van der Waals surface area contributed by atoms with Crippen LogP contribution in [0.4, 0.5) is 10.1 Å². The normalized spacial score (nSPS) is 11.6. The van der Waals surface area contributed by atoms with Gasteiger partial charge in [0.2, 0.25) is 5.91 Å². The maximum Gasteiger partial charge on any atom is 0.253 e. The molecule has 2 N–H and O–H groups in total. The molecule has 1 unspecified atom stereocenters. The molecule has 2 aromatic rings. The van der Waals surface area contributed by atoms with Crippen molar-refractivity contribution in [3.05, 3.63) is 65.5 Å². The van der Waals surface area contributed by atoms with Crippen LogP contribution >= 0.6 is 0 Å². The second-order valence-corrected chi connectivity index (χ2v) is 5.33. The zero-order valence-electron chi connectivity index (χ0n) is 13.1. The van der Waals surface area contributed by atoms with Gasteiger partial charge < -0.3 is 10.6 Å². The van der Waals surface area contributed by atoms with Gasteiger partial charge in [-0.05, 0) is 35.7 Å². The molecule has 0 bridgehead atoms. The number of rotatable bonds is 5. The van der Waals surface area contributed by atoms with Crippen LogP contribution in [0.15, 0.2) is 48.5 Å². The van der Waals surface area contributed by atoms with Crippen LogP contribution in [0.1, 0.15) is 35.2 Å². The topological polar surface area (TPSA) is 58.2 Å². The Kier molecular flexibility index (Phi) is 5.46. The molecule has 0 aromatic heterocycles. The second kappa shape index (κ2) is 7.54. The van der Waals surface area contributed by atoms with Crippen molar-refractivity contribution >= 4 is 17.5 Å². The van der Waals surface area contributed by atoms with Gasteiger partial charge >= 0.3 is 0 Å². The van der Waals surface area contributed by atoms with Crippen molar-refractivity contribution in [2.24, 2.45) is 0 Å². The highest BCUT2D eigenvalue weighted by Gasteiger charge is 2.15. The van der Waals surface area contributed by atoms with Crippen LogP contribution in [-0.4, -0.2) is 18.9 Å². The fraction of sp³-hybridized carbons (Fsp3) is 0.222. The molecule has 0 heterocycles. The molecule has 0 fully saturated rings. The maximum absolute atomic E-state index is 12.9. The monoisotopic (exact) mass is 314 g/mol. The van der Waals surface area contributed by atoms with Crippen LogP contribution < -0.4 is 10.6 Å². The SMILES string of the molecule is CNC(=O)c1ccccc1NC(=O)CC(C)c1ccc(F)cc1. The minimum absolute atomic E-state index is 0.0530. The Labute approximate surface area is 134 Å². The minimum Gasteiger partial charge on any atom is -0.355 e. The van der Waals surface area contributed by atoms with Crippen LogP contribution in [0.25, 0.3) is 0 Å². The Morgan fingerprint density at radius 1 is 1.09 bits per heavy atom. The van der Waals surface area contributed by atoms with Crippen LogP contribution in [0.5, 0.6) is 0 Å². The Bertz CT molecular complexity index is 698. The quantitative estimate of drug-likeness (QED) is 0.889. The van der Waals surface area contributed by atoms with E-state index >= 15 is 0 Å². The van der Waals surface area contributed by atoms with Gasteiger partial charge in [0.05, 0.1) is 11.3 Å². The molecule has 120 valence electrons. The number of halogens is 1. The van der Waals surface area contributed by atoms with Crippen LogP contribution in [0, 0.1) is 5.82 Å². The molecule has 0 radical (unpaired) electrons. The summed E-state index contributed by atoms with van der Waals surface area (Å²) in [5.74, 6) is -0.807. The summed E-state index contributed by atoms with van der Waals surface area (Å²) >= 11 is 0. The molecule has 23 heavy (non-hydrogen) atoms. The van der Waals surface area contributed by atoms with Gasteiger partial charge in [0.15, 0.2) is 0 Å². The zero-order chi connectivity index (χ0) is 16.8. The number of anilines is 1. The number of carbonyl (C=O) groups is 2. The summed E-state index contributed by atoms with van der Waals surface area (Å²) in [4.78, 5) is 24.0. The molecule has 5 heteroatoms. The highest BCUT2D eigenvalue weighted by molar-refractivity contribution is 6.03. The highest BCUT2D eigenvalue weighted by atomic mass is 19.1. The molecule has 0 aliphatic rings. The summed E-state index contributed by atoms with van der Waals surface area (Å²) < 4.78 is 12.9. The molecule has 0 saturated heterocycles. The average molecular weight is 314 g/mol. The van der Waals surface area contributed by atoms with E-state index in [1.165, 1.54) is 19.2 Å². The first-order valence-corrected chi connectivity index (χ1v) is 7.37. The van der Waals surface area contributed by atoms with Gasteiger partial charge in [0.25, 0.3) is 5.91 Å². The fourth-order valence-corrected chi connectivity index (χ4v) is 2.31. The lowest BCUT2D eigenvalue weighted by Gasteiger charge is -2.14. The number of benzene rings is 2. The molecule has 0 aliphatic carbocycles. The Balaban J connectivity index is 2.05. The van der Waals surface area contributed by atoms with E-state index in [1.807, 2.05) is 6.92 Å². The first-order chi connectivity index (χ1) is 11.0. The molecule has 1 atom stereocenters. The molecule has 0 saturated carbocycles. The number of carbonyl (C=O) groups excluding carboxylic acids is 2. The summed E-state index contributed by atoms with van der Waals surface area (Å²) in [5, 5.41) is 5.31. The van der Waals surface area contributed by atoms with Gasteiger partial charge in [-0.1, -0.05) is 31.2 Å². The highest BCUT2D eigenvalue weighted by Crippen LogP contribution is 2.21. The van der Waals surface area contributed by atoms with Crippen molar-refractivity contribution < 1.29 is 14.0 Å². The Morgan fingerprint density at radius 2 is 1.74 bits per heavy atom. The van der Waals surface area contributed by atoms with Crippen molar-refractivity contribution in [1.29, 1.82) is 0 Å². The van der Waals surface area contributed by atoms with Gasteiger partial charge in [-0.25, -0.2) is 4.39 Å². The van der Waals surface area contributed by atoms with Gasteiger partial charge in [-0.15, -0.1) is 0 Å². The molecule has 2 aromatic carbocycles. The molecule has 0 spiro atoms. The number of nitrogens with one attached hydrogen (secondary N) is 2. The maximum atomic E-state index is 12.9. The summed E-state index contributed by atoms with van der Waals surface area (Å²) in [6, 6.07) is 12.9. The van der Waals surface area contributed by atoms with E-state index < -0.39 is 0 Å². The lowest BCUT2D eigenvalue weighted by atomic mass is 9.97. The summed E-state index contributed by atoms with van der Waals surface area (Å²) in [5.41, 5.74) is 1.78. The van der Waals surface area contributed by atoms with Crippen LogP contribution in [-0.2, 0) is 4.79 Å². The lowest BCUT2D eigenvalue weighted by molar-refractivity contribution is -0.116. The van der Waals surface area contributed by atoms with Crippen molar-refractivity contribution in [1.82, 2.24) is 5.32 Å². The smallest absolute Gasteiger partial charge is 0.253 e. The number of hydrogen-bond donors (Lipinski definition) is 2. The van der Waals surface area contributed by atoms with E-state index in [0.29, 0.717) is 11.3 Å². The fourth-order valence-electron chi connectivity index (χ4n) is 2.31. The van der Waals surface area contributed by atoms with E-state index in [9.17, 15) is 14.0 Å². The number of amides is 2. The molecule has 2 rings (SSSR count). The van der Waals surface area contributed by atoms with E-state index in [-0.39, 0.29) is 30.0 Å². The van der Waals surface area contributed by atoms with Crippen molar-refractivity contribution in [3.63, 3.8) is 0 Å². The second-order valence-electron chi connectivity index (χ2n) is 5.33. The van der Waals surface area contributed by atoms with Crippen molar-refractivity contribution in [2.45, 2.75) is 19.3 Å². The molecule has 0 aliphatic heterocycles. The minimum atomic E-state index is -0.301. The molecular weight excluding hydrogens is 295 g/mol. The standard InChI is InChI=1S/C18H19FN2O2/c1-12(13-7-9-14(19)10-8-13)11-17(22)21-16-6-4-3-5-15(16)18(23)20-2/h3-10,12H,11H2,1-2H3,(H,20,23)(H,21,22). The van der Waals surface area contributed by atoms with Gasteiger partial charge in [-0.2, -0.15) is 0 Å². The van der Waals surface area contributed by atoms with Crippen LogP contribution in [0.2, 0.25) is 0 Å². The third-order valence-corrected chi connectivity index (χ3v) is 3.60. The Morgan fingerprint density at radius 3 is 2.39 bits per heavy atom. The lowest BCUT2D eigenvalue weighted by Crippen LogP contribution is -2.22. The third kappa shape index (κ3) is 4.39. The predicted octanol–water partition coefficient (Wildman–Crippen LogP) is 3.32. The van der Waals surface area contributed by atoms with E-state index in [0.717, 1.165) is 5.56 Å². The molecule has 2 amide bonds. The average Bonchev–Trinajstić information content (AvgIpc) is 2.55. The third-order valence-electron chi connectivity index (χ3n) is 3.60. The van der Waals surface area contributed by atoms with E-state index in [1.54, 1.807) is 36.4 Å². The Hall–Kier alpha value is -2.69. The van der Waals surface area contributed by atoms with Gasteiger partial charge in [0.1, 0.15) is 5.82 Å². The van der Waals surface area contributed by atoms with Gasteiger partial charge in [-0.3, -0.25) is 9.59 Å². The first-order valence-electron chi connectivity index (χ1n) is 7.37. The largest absolute Gasteiger partial charge is 0.355 e. The number of para-hydroxylation sites is 1. The van der Waals surface area contributed by atoms with E-state index in [2.05, 4.69) is 10.6 Å². The van der Waals surface area contributed by atoms with E-state index in [4.69, 9.17) is 0 Å². The zero-order valence-corrected chi connectivity index (χ0v) is 13.1. The first kappa shape index (κ1) is 16.7. The summed E-state index contributed by atoms with van der Waals surface area (Å²) in [7, 11) is 1.54. The van der Waals surface area contributed by atoms with Gasteiger partial charge in [0, 0.05) is 13.5 Å². The van der Waals surface area contributed by atoms with Crippen molar-refractivity contribution in [2.75, 3.05) is 12.4 Å². The summed E-state index contributed by atoms with van der Waals surface area (Å²) in [6.45, 7) is 1.90. The number of hydrogen-bond acceptors (Lipinski definition) is 2. The predicted molar refractivity (Wildman–Crippen MR) is 87.9 cm³/mol. The van der Waals surface area contributed by atoms with Crippen LogP contribution in [0.3, 0.4) is 0 Å². The molecule has 4 nitrogen and oxygen atoms in total. The van der Waals surface area contributed by atoms with Crippen molar-refractivity contribution in [3.8, 4) is 0 Å². The molecular formula is C18H19FN2O2. The summed E-state index contributed by atoms with van der Waals surface area (Å²) in [6.07, 6.45) is 0.244.